The minimum absolute atomic E-state index is 0. The summed E-state index contributed by atoms with van der Waals surface area (Å²) in [7, 11) is -10.1. The minimum atomic E-state index is -10.7. The van der Waals surface area contributed by atoms with Gasteiger partial charge in [0, 0.05) is 54.2 Å². The third kappa shape index (κ3) is 83.4. The normalized spacial score (nSPS) is 20.8. The summed E-state index contributed by atoms with van der Waals surface area (Å²) in [5.74, 6) is 0. The molecular weight excluding hydrogens is 800 g/mol. The van der Waals surface area contributed by atoms with Crippen molar-refractivity contribution in [2.45, 2.75) is 4.95 Å². The van der Waals surface area contributed by atoms with Crippen molar-refractivity contribution in [3.63, 3.8) is 0 Å². The van der Waals surface area contributed by atoms with Crippen molar-refractivity contribution in [2.75, 3.05) is 48.8 Å². The Bertz CT molecular complexity index is 639. The molecule has 0 bridgehead atoms. The van der Waals surface area contributed by atoms with Gasteiger partial charge in [-0.1, -0.05) is 43.7 Å². The molecule has 240 valence electrons. The summed E-state index contributed by atoms with van der Waals surface area (Å²) in [4.78, 5) is 2.01. The molecule has 1 unspecified atom stereocenters. The van der Waals surface area contributed by atoms with Crippen LogP contribution in [0.5, 0.6) is 0 Å². The second kappa shape index (κ2) is 16.3. The van der Waals surface area contributed by atoms with Gasteiger partial charge in [0.15, 0.2) is 0 Å². The van der Waals surface area contributed by atoms with Gasteiger partial charge in [0.05, 0.1) is 12.0 Å². The quantitative estimate of drug-likeness (QED) is 0.0610. The molecule has 2 heterocycles. The monoisotopic (exact) mass is 827 g/mol. The van der Waals surface area contributed by atoms with Gasteiger partial charge >= 0.3 is 66.0 Å². The van der Waals surface area contributed by atoms with Crippen LogP contribution in [0.1, 0.15) is 0 Å². The van der Waals surface area contributed by atoms with Crippen LogP contribution in [0.3, 0.4) is 0 Å². The van der Waals surface area contributed by atoms with Crippen LogP contribution >= 0.6 is 64.5 Å². The standard InChI is InChI=1S/C4H10BrN3.C4H9N3.C2H3Br.C2H7N3.BrH.2F6P/c1-7-3-4(5)8(2)6-7;1-6-3-4-7(2)5-6;1-2-3;1-3-5-4-2;;2*1-7(2,3,4,5)6/h4,6H,3H2,1-2H3;3-5H,1-2H3;2H,1H2;1-2H3,(H,3,4);1H;;/q;;;;;2*-1. The van der Waals surface area contributed by atoms with Gasteiger partial charge in [0.1, 0.15) is 0 Å². The van der Waals surface area contributed by atoms with E-state index in [0.717, 1.165) is 6.54 Å². The maximum absolute atomic E-state index is 10.7. The summed E-state index contributed by atoms with van der Waals surface area (Å²) in [5.41, 5.74) is 8.53. The molecule has 2 rings (SSSR count). The van der Waals surface area contributed by atoms with Crippen LogP contribution < -0.4 is 16.5 Å². The number of likely N-dealkylation sites (N-methyl/N-ethyl adjacent to an activating group) is 2. The number of rotatable bonds is 1. The van der Waals surface area contributed by atoms with Gasteiger partial charge < -0.3 is 0 Å². The Morgan fingerprint density at radius 2 is 1.16 bits per heavy atom. The van der Waals surface area contributed by atoms with Crippen molar-refractivity contribution in [1.29, 1.82) is 0 Å². The second-order valence-corrected chi connectivity index (χ2v) is 11.8. The Morgan fingerprint density at radius 3 is 1.21 bits per heavy atom. The van der Waals surface area contributed by atoms with E-state index in [1.54, 1.807) is 19.1 Å². The van der Waals surface area contributed by atoms with Crippen LogP contribution in [0.2, 0.25) is 0 Å². The Labute approximate surface area is 239 Å². The number of nitrogens with zero attached hydrogens (tertiary/aromatic N) is 6. The van der Waals surface area contributed by atoms with Crippen LogP contribution in [0.4, 0.5) is 50.4 Å². The van der Waals surface area contributed by atoms with E-state index in [1.165, 1.54) is 0 Å². The third-order valence-electron chi connectivity index (χ3n) is 2.20. The van der Waals surface area contributed by atoms with Gasteiger partial charge in [-0.05, 0) is 4.99 Å². The molecule has 2 aliphatic heterocycles. The summed E-state index contributed by atoms with van der Waals surface area (Å²) in [6, 6.07) is 0. The molecule has 3 N–H and O–H groups in total. The summed E-state index contributed by atoms with van der Waals surface area (Å²) >= 11 is 6.38. The molecule has 1 atom stereocenters. The Hall–Kier alpha value is -0.220. The predicted molar refractivity (Wildman–Crippen MR) is 140 cm³/mol. The molecule has 9 nitrogen and oxygen atoms in total. The van der Waals surface area contributed by atoms with E-state index >= 15 is 0 Å². The molecule has 1 saturated heterocycles. The van der Waals surface area contributed by atoms with E-state index in [0.29, 0.717) is 4.95 Å². The van der Waals surface area contributed by atoms with Gasteiger partial charge in [0.2, 0.25) is 0 Å². The van der Waals surface area contributed by atoms with Crippen molar-refractivity contribution in [1.82, 2.24) is 36.5 Å². The number of alkyl halides is 1. The fourth-order valence-corrected chi connectivity index (χ4v) is 1.86. The zero-order valence-electron chi connectivity index (χ0n) is 20.5. The van der Waals surface area contributed by atoms with E-state index in [-0.39, 0.29) is 17.0 Å². The van der Waals surface area contributed by atoms with Crippen molar-refractivity contribution in [2.24, 2.45) is 10.3 Å². The first-order valence-electron chi connectivity index (χ1n) is 8.76. The Morgan fingerprint density at radius 1 is 0.868 bits per heavy atom. The maximum atomic E-state index is 9.87. The summed E-state index contributed by atoms with van der Waals surface area (Å²) < 4.78 is 118. The number of nitrogens with one attached hydrogen (secondary N) is 3. The van der Waals surface area contributed by atoms with Crippen LogP contribution in [0.25, 0.3) is 0 Å². The summed E-state index contributed by atoms with van der Waals surface area (Å²) in [6.45, 7) is 4.30. The van der Waals surface area contributed by atoms with Gasteiger partial charge in [-0.3, -0.25) is 15.4 Å². The summed E-state index contributed by atoms with van der Waals surface area (Å²) in [6.07, 6.45) is 3.89. The summed E-state index contributed by atoms with van der Waals surface area (Å²) in [5, 5.41) is 14.5. The van der Waals surface area contributed by atoms with Crippen molar-refractivity contribution >= 4 is 64.5 Å². The van der Waals surface area contributed by atoms with Crippen LogP contribution in [-0.4, -0.2) is 73.8 Å². The molecule has 0 amide bonds. The number of halogens is 15. The fraction of sp³-hybridized carbons (Fsp3) is 0.667. The van der Waals surface area contributed by atoms with Crippen LogP contribution in [-0.2, 0) is 0 Å². The molecule has 0 spiro atoms. The zero-order valence-corrected chi connectivity index (χ0v) is 27.2. The zero-order chi connectivity index (χ0) is 31.1. The van der Waals surface area contributed by atoms with Gasteiger partial charge in [0.25, 0.3) is 0 Å². The van der Waals surface area contributed by atoms with Gasteiger partial charge in [-0.2, -0.15) is 10.6 Å². The van der Waals surface area contributed by atoms with E-state index in [1.807, 2.05) is 60.6 Å². The van der Waals surface area contributed by atoms with E-state index in [2.05, 4.69) is 65.3 Å². The molecule has 0 aromatic carbocycles. The molecule has 38 heavy (non-hydrogen) atoms. The Kier molecular flexibility index (Phi) is 20.4. The van der Waals surface area contributed by atoms with Crippen LogP contribution in [0, 0.1) is 0 Å². The number of hydrogen-bond donors (Lipinski definition) is 3. The average Bonchev–Trinajstić information content (AvgIpc) is 3.07. The number of hydrazine groups is 4. The first kappa shape index (κ1) is 47.6. The topological polar surface area (TPSA) is 73.8 Å². The first-order valence-corrected chi connectivity index (χ1v) is 14.6. The SMILES string of the molecule is Br.C=CBr.CN1C=CN(C)N1.CN1CC(Br)N(C)N1.CN=NNC.F[P-](F)(F)(F)(F)F.F[P-](F)(F)(F)(F)F. The number of hydrogen-bond acceptors (Lipinski definition) is 8. The third-order valence-corrected chi connectivity index (χ3v) is 3.11. The van der Waals surface area contributed by atoms with E-state index in [4.69, 9.17) is 0 Å². The molecule has 2 aliphatic rings. The van der Waals surface area contributed by atoms with Gasteiger partial charge in [-0.15, -0.1) is 22.5 Å². The molecule has 26 heteroatoms. The van der Waals surface area contributed by atoms with Crippen molar-refractivity contribution in [3.05, 3.63) is 24.0 Å². The molecule has 0 aliphatic carbocycles. The van der Waals surface area contributed by atoms with Crippen LogP contribution in [0.15, 0.2) is 34.3 Å². The van der Waals surface area contributed by atoms with Gasteiger partial charge in [-0.25, -0.2) is 10.0 Å². The molecule has 0 radical (unpaired) electrons. The average molecular weight is 830 g/mol. The Balaban J connectivity index is -0.000000116. The molecular formula is C12H30Br3F12N9P2-2. The first-order chi connectivity index (χ1) is 15.7. The molecule has 0 aromatic rings. The molecule has 0 aromatic heterocycles. The second-order valence-electron chi connectivity index (χ2n) is 6.24. The van der Waals surface area contributed by atoms with E-state index < -0.39 is 15.6 Å². The van der Waals surface area contributed by atoms with Crippen molar-refractivity contribution in [3.8, 4) is 0 Å². The predicted octanol–water partition coefficient (Wildman–Crippen LogP) is 8.83. The molecule has 1 fully saturated rings. The van der Waals surface area contributed by atoms with Crippen molar-refractivity contribution < 1.29 is 50.4 Å². The fourth-order valence-electron chi connectivity index (χ4n) is 1.34. The van der Waals surface area contributed by atoms with E-state index in [9.17, 15) is 50.4 Å². The molecule has 0 saturated carbocycles.